The summed E-state index contributed by atoms with van der Waals surface area (Å²) in [7, 11) is 3.28. The molecule has 20 heavy (non-hydrogen) atoms. The molecule has 0 aromatic heterocycles. The van der Waals surface area contributed by atoms with Crippen molar-refractivity contribution in [1.29, 1.82) is 0 Å². The van der Waals surface area contributed by atoms with Crippen molar-refractivity contribution in [3.8, 4) is 11.5 Å². The Balaban J connectivity index is 2.13. The van der Waals surface area contributed by atoms with Crippen LogP contribution < -0.4 is 14.8 Å². The van der Waals surface area contributed by atoms with Gasteiger partial charge in [-0.15, -0.1) is 0 Å². The molecule has 1 atom stereocenters. The van der Waals surface area contributed by atoms with E-state index in [0.717, 1.165) is 17.4 Å². The Kier molecular flexibility index (Phi) is 5.41. The van der Waals surface area contributed by atoms with Gasteiger partial charge >= 0.3 is 0 Å². The number of benzene rings is 1. The maximum Gasteiger partial charge on any atom is 0.145 e. The largest absolute Gasteiger partial charge is 0.495 e. The third-order valence-electron chi connectivity index (χ3n) is 4.21. The van der Waals surface area contributed by atoms with E-state index < -0.39 is 0 Å². The second kappa shape index (κ2) is 7.07. The highest BCUT2D eigenvalue weighted by molar-refractivity contribution is 6.32. The minimum Gasteiger partial charge on any atom is -0.495 e. The Labute approximate surface area is 126 Å². The molecule has 0 saturated heterocycles. The zero-order chi connectivity index (χ0) is 14.5. The molecule has 1 aliphatic rings. The number of nitrogens with one attached hydrogen (secondary N) is 1. The molecule has 2 rings (SSSR count). The molecule has 1 saturated carbocycles. The quantitative estimate of drug-likeness (QED) is 0.851. The average molecular weight is 298 g/mol. The topological polar surface area (TPSA) is 30.5 Å². The summed E-state index contributed by atoms with van der Waals surface area (Å²) >= 11 is 6.21. The molecule has 0 radical (unpaired) electrons. The van der Waals surface area contributed by atoms with Gasteiger partial charge in [-0.1, -0.05) is 30.9 Å². The van der Waals surface area contributed by atoms with Crippen molar-refractivity contribution in [3.63, 3.8) is 0 Å². The maximum absolute atomic E-state index is 6.21. The zero-order valence-electron chi connectivity index (χ0n) is 12.5. The lowest BCUT2D eigenvalue weighted by Gasteiger charge is -2.29. The lowest BCUT2D eigenvalue weighted by Crippen LogP contribution is -2.27. The lowest BCUT2D eigenvalue weighted by molar-refractivity contribution is 0.327. The molecule has 4 heteroatoms. The molecule has 112 valence electrons. The molecule has 1 N–H and O–H groups in total. The van der Waals surface area contributed by atoms with Crippen LogP contribution in [0.3, 0.4) is 0 Å². The van der Waals surface area contributed by atoms with Crippen LogP contribution in [0.2, 0.25) is 5.02 Å². The average Bonchev–Trinajstić information content (AvgIpc) is 2.48. The maximum atomic E-state index is 6.21. The van der Waals surface area contributed by atoms with E-state index in [1.54, 1.807) is 14.2 Å². The van der Waals surface area contributed by atoms with Gasteiger partial charge in [-0.3, -0.25) is 0 Å². The molecule has 1 aromatic carbocycles. The van der Waals surface area contributed by atoms with Crippen LogP contribution in [-0.2, 0) is 0 Å². The first kappa shape index (κ1) is 15.3. The van der Waals surface area contributed by atoms with Gasteiger partial charge in [-0.2, -0.15) is 0 Å². The highest BCUT2D eigenvalue weighted by Gasteiger charge is 2.21. The number of hydrogen-bond donors (Lipinski definition) is 1. The summed E-state index contributed by atoms with van der Waals surface area (Å²) in [6.07, 6.45) is 6.68. The molecule has 1 unspecified atom stereocenters. The molecular weight excluding hydrogens is 274 g/mol. The van der Waals surface area contributed by atoms with E-state index in [1.165, 1.54) is 32.1 Å². The third-order valence-corrected chi connectivity index (χ3v) is 4.51. The first-order valence-electron chi connectivity index (χ1n) is 7.33. The lowest BCUT2D eigenvalue weighted by atomic mass is 9.84. The highest BCUT2D eigenvalue weighted by atomic mass is 35.5. The predicted molar refractivity (Wildman–Crippen MR) is 84.2 cm³/mol. The first-order valence-corrected chi connectivity index (χ1v) is 7.71. The third kappa shape index (κ3) is 3.51. The Morgan fingerprint density at radius 3 is 2.35 bits per heavy atom. The second-order valence-corrected chi connectivity index (χ2v) is 5.93. The van der Waals surface area contributed by atoms with Crippen molar-refractivity contribution >= 4 is 17.3 Å². The molecule has 0 aliphatic heterocycles. The van der Waals surface area contributed by atoms with Crippen LogP contribution >= 0.6 is 11.6 Å². The van der Waals surface area contributed by atoms with E-state index in [2.05, 4.69) is 12.2 Å². The smallest absolute Gasteiger partial charge is 0.145 e. The minimum absolute atomic E-state index is 0.425. The van der Waals surface area contributed by atoms with Gasteiger partial charge in [0.15, 0.2) is 0 Å². The van der Waals surface area contributed by atoms with Crippen molar-refractivity contribution < 1.29 is 9.47 Å². The van der Waals surface area contributed by atoms with Crippen molar-refractivity contribution in [1.82, 2.24) is 0 Å². The zero-order valence-corrected chi connectivity index (χ0v) is 13.3. The van der Waals surface area contributed by atoms with Crippen LogP contribution in [0.25, 0.3) is 0 Å². The summed E-state index contributed by atoms with van der Waals surface area (Å²) in [5, 5.41) is 4.16. The van der Waals surface area contributed by atoms with Crippen LogP contribution in [0.4, 0.5) is 5.69 Å². The summed E-state index contributed by atoms with van der Waals surface area (Å²) in [4.78, 5) is 0. The molecule has 1 aromatic rings. The number of methoxy groups -OCH3 is 2. The van der Waals surface area contributed by atoms with Gasteiger partial charge in [0.2, 0.25) is 0 Å². The minimum atomic E-state index is 0.425. The van der Waals surface area contributed by atoms with Gasteiger partial charge in [0.25, 0.3) is 0 Å². The molecule has 3 nitrogen and oxygen atoms in total. The fraction of sp³-hybridized carbons (Fsp3) is 0.625. The molecule has 0 spiro atoms. The van der Waals surface area contributed by atoms with Crippen LogP contribution in [0, 0.1) is 5.92 Å². The Morgan fingerprint density at radius 1 is 1.10 bits per heavy atom. The molecule has 0 amide bonds. The van der Waals surface area contributed by atoms with Crippen molar-refractivity contribution in [2.24, 2.45) is 5.92 Å². The van der Waals surface area contributed by atoms with Gasteiger partial charge in [0.05, 0.1) is 24.9 Å². The monoisotopic (exact) mass is 297 g/mol. The van der Waals surface area contributed by atoms with Crippen molar-refractivity contribution in [2.75, 3.05) is 19.5 Å². The van der Waals surface area contributed by atoms with Gasteiger partial charge in [0, 0.05) is 12.1 Å². The van der Waals surface area contributed by atoms with Crippen molar-refractivity contribution in [2.45, 2.75) is 45.1 Å². The number of halogens is 1. The van der Waals surface area contributed by atoms with Crippen LogP contribution in [0.5, 0.6) is 11.5 Å². The normalized spacial score (nSPS) is 17.6. The van der Waals surface area contributed by atoms with Gasteiger partial charge in [-0.25, -0.2) is 0 Å². The summed E-state index contributed by atoms with van der Waals surface area (Å²) in [5.41, 5.74) is 0.941. The molecule has 0 heterocycles. The fourth-order valence-electron chi connectivity index (χ4n) is 2.97. The Hall–Kier alpha value is -1.09. The van der Waals surface area contributed by atoms with Gasteiger partial charge in [-0.05, 0) is 31.7 Å². The van der Waals surface area contributed by atoms with E-state index in [-0.39, 0.29) is 0 Å². The molecule has 1 fully saturated rings. The summed E-state index contributed by atoms with van der Waals surface area (Å²) in [6, 6.07) is 4.14. The first-order chi connectivity index (χ1) is 9.65. The standard InChI is InChI=1S/C16H24ClNO2/c1-11(12-7-5-4-6-8-12)18-14-9-13(17)15(19-2)10-16(14)20-3/h9-12,18H,4-8H2,1-3H3. The van der Waals surface area contributed by atoms with E-state index >= 15 is 0 Å². The summed E-state index contributed by atoms with van der Waals surface area (Å²) in [5.74, 6) is 2.14. The van der Waals surface area contributed by atoms with Gasteiger partial charge < -0.3 is 14.8 Å². The fourth-order valence-corrected chi connectivity index (χ4v) is 3.21. The Morgan fingerprint density at radius 2 is 1.75 bits per heavy atom. The predicted octanol–water partition coefficient (Wildman–Crippen LogP) is 4.74. The van der Waals surface area contributed by atoms with E-state index in [4.69, 9.17) is 21.1 Å². The SMILES string of the molecule is COc1cc(OC)c(NC(C)C2CCCCC2)cc1Cl. The van der Waals surface area contributed by atoms with E-state index in [0.29, 0.717) is 16.8 Å². The second-order valence-electron chi connectivity index (χ2n) is 5.52. The molecule has 1 aliphatic carbocycles. The summed E-state index contributed by atoms with van der Waals surface area (Å²) < 4.78 is 10.7. The van der Waals surface area contributed by atoms with E-state index in [9.17, 15) is 0 Å². The van der Waals surface area contributed by atoms with Gasteiger partial charge in [0.1, 0.15) is 11.5 Å². The summed E-state index contributed by atoms with van der Waals surface area (Å²) in [6.45, 7) is 2.24. The number of ether oxygens (including phenoxy) is 2. The van der Waals surface area contributed by atoms with Crippen LogP contribution in [-0.4, -0.2) is 20.3 Å². The van der Waals surface area contributed by atoms with Crippen LogP contribution in [0.1, 0.15) is 39.0 Å². The number of anilines is 1. The van der Waals surface area contributed by atoms with E-state index in [1.807, 2.05) is 12.1 Å². The van der Waals surface area contributed by atoms with Crippen molar-refractivity contribution in [3.05, 3.63) is 17.2 Å². The number of hydrogen-bond acceptors (Lipinski definition) is 3. The number of rotatable bonds is 5. The Bertz CT molecular complexity index is 444. The molecular formula is C16H24ClNO2. The van der Waals surface area contributed by atoms with Crippen LogP contribution in [0.15, 0.2) is 12.1 Å². The highest BCUT2D eigenvalue weighted by Crippen LogP contribution is 2.37. The molecule has 0 bridgehead atoms.